The first-order valence-corrected chi connectivity index (χ1v) is 21.0. The molecule has 1 heterocycles. The fourth-order valence-electron chi connectivity index (χ4n) is 9.12. The number of ether oxygens (including phenoxy) is 4. The number of carbonyl (C=O) groups excluding carboxylic acids is 1. The highest BCUT2D eigenvalue weighted by molar-refractivity contribution is 6.03. The van der Waals surface area contributed by atoms with E-state index in [1.807, 2.05) is 70.2 Å². The van der Waals surface area contributed by atoms with Crippen molar-refractivity contribution in [2.24, 2.45) is 22.9 Å². The van der Waals surface area contributed by atoms with Gasteiger partial charge in [0.05, 0.1) is 25.3 Å². The Kier molecular flexibility index (Phi) is 14.4. The zero-order valence-electron chi connectivity index (χ0n) is 34.9. The molecule has 0 unspecified atom stereocenters. The Morgan fingerprint density at radius 3 is 2.31 bits per heavy atom. The van der Waals surface area contributed by atoms with Gasteiger partial charge in [-0.05, 0) is 112 Å². The van der Waals surface area contributed by atoms with Crippen LogP contribution in [0.5, 0.6) is 17.2 Å². The summed E-state index contributed by atoms with van der Waals surface area (Å²) in [6.45, 7) is 12.8. The third-order valence-corrected chi connectivity index (χ3v) is 11.5. The zero-order valence-corrected chi connectivity index (χ0v) is 34.9. The van der Waals surface area contributed by atoms with Crippen molar-refractivity contribution in [3.8, 4) is 28.4 Å². The Hall–Kier alpha value is -4.64. The molecule has 1 aliphatic heterocycles. The van der Waals surface area contributed by atoms with Gasteiger partial charge >= 0.3 is 6.09 Å². The smallest absolute Gasteiger partial charge is 0.409 e. The summed E-state index contributed by atoms with van der Waals surface area (Å²) >= 11 is 0. The van der Waals surface area contributed by atoms with Crippen molar-refractivity contribution in [1.82, 2.24) is 4.90 Å². The molecule has 6 atom stereocenters. The van der Waals surface area contributed by atoms with Gasteiger partial charge in [-0.25, -0.2) is 4.79 Å². The van der Waals surface area contributed by atoms with Gasteiger partial charge in [0.2, 0.25) is 5.79 Å². The van der Waals surface area contributed by atoms with Gasteiger partial charge in [0.15, 0.2) is 0 Å². The quantitative estimate of drug-likeness (QED) is 0.0742. The fraction of sp³-hybridized carbons (Fsp3) is 0.500. The highest BCUT2D eigenvalue weighted by atomic mass is 16.7. The van der Waals surface area contributed by atoms with E-state index in [0.29, 0.717) is 49.5 Å². The number of fused-ring (bicyclic) bond motifs is 2. The molecule has 0 radical (unpaired) electrons. The van der Waals surface area contributed by atoms with E-state index in [9.17, 15) is 15.0 Å². The maximum absolute atomic E-state index is 13.8. The molecule has 10 nitrogen and oxygen atoms in total. The first kappa shape index (κ1) is 43.0. The molecule has 2 aliphatic carbocycles. The molecule has 0 bridgehead atoms. The lowest BCUT2D eigenvalue weighted by Crippen LogP contribution is -2.70. The summed E-state index contributed by atoms with van der Waals surface area (Å²) in [5.41, 5.74) is 4.39. The van der Waals surface area contributed by atoms with E-state index in [1.165, 1.54) is 7.11 Å². The van der Waals surface area contributed by atoms with Gasteiger partial charge in [-0.15, -0.1) is 6.58 Å². The third-order valence-electron chi connectivity index (χ3n) is 11.5. The van der Waals surface area contributed by atoms with E-state index in [2.05, 4.69) is 43.0 Å². The minimum Gasteiger partial charge on any atom is -0.459 e. The van der Waals surface area contributed by atoms with Crippen LogP contribution in [0, 0.1) is 17.8 Å². The van der Waals surface area contributed by atoms with Crippen molar-refractivity contribution in [3.63, 3.8) is 0 Å². The molecule has 2 N–H and O–H groups in total. The van der Waals surface area contributed by atoms with E-state index in [-0.39, 0.29) is 37.6 Å². The molecule has 0 spiro atoms. The first-order valence-electron chi connectivity index (χ1n) is 21.0. The number of oxime groups is 1. The van der Waals surface area contributed by atoms with Crippen LogP contribution in [-0.2, 0) is 14.3 Å². The van der Waals surface area contributed by atoms with Crippen LogP contribution < -0.4 is 9.47 Å². The predicted octanol–water partition coefficient (Wildman–Crippen LogP) is 10.1. The SMILES string of the molecule is C=CCO[C@@]12Oc3ccc(Oc4ccc(-c5ccccc5)cc4)cc3[C@H]3[C@H](CCCCO)[C@@H](CCCCO)C=C(C(=NOC(C)(C)C)C[C@@H]1N(CCC)C(=O)OC)[C@H]32. The van der Waals surface area contributed by atoms with Crippen LogP contribution in [0.15, 0.2) is 102 Å². The maximum atomic E-state index is 13.8. The molecule has 58 heavy (non-hydrogen) atoms. The van der Waals surface area contributed by atoms with E-state index in [4.69, 9.17) is 28.9 Å². The van der Waals surface area contributed by atoms with Crippen molar-refractivity contribution in [2.45, 2.75) is 102 Å². The van der Waals surface area contributed by atoms with Gasteiger partial charge in [-0.1, -0.05) is 79.5 Å². The average molecular weight is 795 g/mol. The number of aliphatic hydroxyl groups excluding tert-OH is 2. The molecule has 10 heteroatoms. The van der Waals surface area contributed by atoms with Crippen LogP contribution in [0.4, 0.5) is 4.79 Å². The number of rotatable bonds is 18. The molecular weight excluding hydrogens is 733 g/mol. The van der Waals surface area contributed by atoms with Gasteiger partial charge in [0, 0.05) is 37.7 Å². The number of aliphatic hydroxyl groups is 2. The topological polar surface area (TPSA) is 119 Å². The standard InChI is InChI=1S/C48H62N2O8/c1-7-26-50(46(53)54-6)43-32-41(49-58-47(3,4)5)39-30-35(18-12-14-27-51)38(19-13-15-28-52)44-40-31-37(24-25-42(40)57-48(43,45(39)44)55-29-8-2)56-36-22-20-34(21-23-36)33-16-10-9-11-17-33/h8-11,16-17,20-25,30-31,35,38,43-45,51-52H,2,7,12-15,18-19,26-29,32H2,1,3-6H3/t35-,38+,43-,44+,45+,48+/m0/s1. The average Bonchev–Trinajstić information content (AvgIpc) is 3.22. The summed E-state index contributed by atoms with van der Waals surface area (Å²) in [5.74, 6) is 0.331. The minimum absolute atomic E-state index is 0.0926. The number of nitrogens with zero attached hydrogens (tertiary/aromatic N) is 2. The lowest BCUT2D eigenvalue weighted by atomic mass is 9.55. The Balaban J connectivity index is 1.55. The molecule has 3 aromatic carbocycles. The number of amides is 1. The van der Waals surface area contributed by atoms with Gasteiger partial charge in [-0.2, -0.15) is 0 Å². The second kappa shape index (κ2) is 19.4. The Morgan fingerprint density at radius 1 is 0.966 bits per heavy atom. The number of benzene rings is 3. The molecular formula is C48H62N2O8. The minimum atomic E-state index is -1.34. The largest absolute Gasteiger partial charge is 0.459 e. The Bertz CT molecular complexity index is 1890. The lowest BCUT2D eigenvalue weighted by Gasteiger charge is -2.59. The second-order valence-electron chi connectivity index (χ2n) is 16.6. The number of allylic oxidation sites excluding steroid dienone is 1. The van der Waals surface area contributed by atoms with E-state index in [1.54, 1.807) is 11.0 Å². The number of methoxy groups -OCH3 is 1. The summed E-state index contributed by atoms with van der Waals surface area (Å²) in [5, 5.41) is 24.7. The number of unbranched alkanes of at least 4 members (excludes halogenated alkanes) is 2. The predicted molar refractivity (Wildman–Crippen MR) is 227 cm³/mol. The van der Waals surface area contributed by atoms with E-state index >= 15 is 0 Å². The van der Waals surface area contributed by atoms with Crippen LogP contribution in [-0.4, -0.2) is 77.8 Å². The van der Waals surface area contributed by atoms with Gasteiger partial charge in [-0.3, -0.25) is 4.90 Å². The van der Waals surface area contributed by atoms with Crippen molar-refractivity contribution in [3.05, 3.63) is 103 Å². The second-order valence-corrected chi connectivity index (χ2v) is 16.6. The molecule has 0 saturated heterocycles. The molecule has 6 rings (SSSR count). The van der Waals surface area contributed by atoms with Crippen molar-refractivity contribution >= 4 is 11.8 Å². The fourth-order valence-corrected chi connectivity index (χ4v) is 9.12. The summed E-state index contributed by atoms with van der Waals surface area (Å²) in [7, 11) is 1.40. The Morgan fingerprint density at radius 2 is 1.66 bits per heavy atom. The summed E-state index contributed by atoms with van der Waals surface area (Å²) in [6, 6.07) is 23.7. The van der Waals surface area contributed by atoms with Gasteiger partial charge in [0.1, 0.15) is 28.9 Å². The van der Waals surface area contributed by atoms with Crippen molar-refractivity contribution in [2.75, 3.05) is 33.5 Å². The molecule has 1 fully saturated rings. The number of hydrogen-bond donors (Lipinski definition) is 2. The van der Waals surface area contributed by atoms with Crippen LogP contribution in [0.2, 0.25) is 0 Å². The number of carbonyl (C=O) groups is 1. The highest BCUT2D eigenvalue weighted by Gasteiger charge is 2.65. The summed E-state index contributed by atoms with van der Waals surface area (Å²) in [4.78, 5) is 21.7. The maximum Gasteiger partial charge on any atom is 0.409 e. The van der Waals surface area contributed by atoms with Gasteiger partial charge < -0.3 is 34.0 Å². The van der Waals surface area contributed by atoms with Crippen LogP contribution in [0.1, 0.15) is 90.5 Å². The van der Waals surface area contributed by atoms with Crippen LogP contribution >= 0.6 is 0 Å². The molecule has 312 valence electrons. The monoisotopic (exact) mass is 794 g/mol. The number of hydrogen-bond acceptors (Lipinski definition) is 9. The molecule has 3 aliphatic rings. The van der Waals surface area contributed by atoms with E-state index < -0.39 is 29.4 Å². The summed E-state index contributed by atoms with van der Waals surface area (Å²) < 4.78 is 26.3. The van der Waals surface area contributed by atoms with Crippen molar-refractivity contribution < 1.29 is 38.8 Å². The van der Waals surface area contributed by atoms with Crippen LogP contribution in [0.3, 0.4) is 0 Å². The highest BCUT2D eigenvalue weighted by Crippen LogP contribution is 2.62. The van der Waals surface area contributed by atoms with Crippen molar-refractivity contribution in [1.29, 1.82) is 0 Å². The van der Waals surface area contributed by atoms with Crippen LogP contribution in [0.25, 0.3) is 11.1 Å². The lowest BCUT2D eigenvalue weighted by molar-refractivity contribution is -0.255. The summed E-state index contributed by atoms with van der Waals surface area (Å²) in [6.07, 6.45) is 9.34. The first-order chi connectivity index (χ1) is 28.1. The zero-order chi connectivity index (χ0) is 41.3. The molecule has 1 saturated carbocycles. The Labute approximate surface area is 344 Å². The molecule has 3 aromatic rings. The molecule has 1 amide bonds. The molecule has 0 aromatic heterocycles. The normalized spacial score (nSPS) is 24.2. The van der Waals surface area contributed by atoms with Gasteiger partial charge in [0.25, 0.3) is 0 Å². The third kappa shape index (κ3) is 9.46. The van der Waals surface area contributed by atoms with E-state index in [0.717, 1.165) is 53.7 Å².